The van der Waals surface area contributed by atoms with Gasteiger partial charge in [0.15, 0.2) is 5.11 Å². The van der Waals surface area contributed by atoms with Gasteiger partial charge in [0.1, 0.15) is 5.75 Å². The van der Waals surface area contributed by atoms with E-state index < -0.39 is 0 Å². The van der Waals surface area contributed by atoms with Gasteiger partial charge >= 0.3 is 0 Å². The van der Waals surface area contributed by atoms with Crippen LogP contribution in [0.25, 0.3) is 0 Å². The minimum atomic E-state index is -0.159. The fourth-order valence-electron chi connectivity index (χ4n) is 4.76. The number of hydrogen-bond acceptors (Lipinski definition) is 3. The topological polar surface area (TPSA) is 53.6 Å². The quantitative estimate of drug-likeness (QED) is 0.603. The molecule has 1 saturated heterocycles. The molecule has 0 bridgehead atoms. The molecule has 0 atom stereocenters. The molecule has 2 aliphatic rings. The van der Waals surface area contributed by atoms with Crippen LogP contribution in [0.5, 0.6) is 5.75 Å². The molecule has 2 aromatic rings. The van der Waals surface area contributed by atoms with Gasteiger partial charge in [-0.15, -0.1) is 0 Å². The summed E-state index contributed by atoms with van der Waals surface area (Å²) in [5.74, 6) is 1.09. The summed E-state index contributed by atoms with van der Waals surface area (Å²) in [7, 11) is 0. The van der Waals surface area contributed by atoms with Crippen LogP contribution >= 0.6 is 12.2 Å². The van der Waals surface area contributed by atoms with E-state index in [0.29, 0.717) is 18.1 Å². The summed E-state index contributed by atoms with van der Waals surface area (Å²) in [6, 6.07) is 14.5. The Morgan fingerprint density at radius 1 is 1.13 bits per heavy atom. The Hall–Kier alpha value is -2.60. The molecule has 1 saturated carbocycles. The van der Waals surface area contributed by atoms with Crippen molar-refractivity contribution in [2.75, 3.05) is 23.4 Å². The molecule has 4 rings (SSSR count). The molecular formula is C25H31N3O2S. The van der Waals surface area contributed by atoms with E-state index in [-0.39, 0.29) is 11.4 Å². The molecule has 0 unspecified atom stereocenters. The molecule has 1 amide bonds. The monoisotopic (exact) mass is 437 g/mol. The summed E-state index contributed by atoms with van der Waals surface area (Å²) >= 11 is 5.72. The van der Waals surface area contributed by atoms with Gasteiger partial charge < -0.3 is 20.3 Å². The standard InChI is InChI=1S/C25H31N3O2S/c1-3-30-21-12-9-19(10-13-21)25(14-4-5-15-25)27-24(31)26-20-11-8-18(2)22(17-20)28-16-6-7-23(28)29/h8-13,17H,3-7,14-16H2,1-2H3,(H2,26,27,31). The highest BCUT2D eigenvalue weighted by Crippen LogP contribution is 2.39. The number of nitrogens with one attached hydrogen (secondary N) is 2. The maximum atomic E-state index is 12.2. The zero-order valence-electron chi connectivity index (χ0n) is 18.4. The molecule has 2 aromatic carbocycles. The van der Waals surface area contributed by atoms with Crippen LogP contribution in [0.3, 0.4) is 0 Å². The Morgan fingerprint density at radius 2 is 1.87 bits per heavy atom. The van der Waals surface area contributed by atoms with E-state index in [0.717, 1.165) is 48.5 Å². The van der Waals surface area contributed by atoms with Crippen molar-refractivity contribution in [1.82, 2.24) is 5.32 Å². The van der Waals surface area contributed by atoms with Crippen LogP contribution in [-0.4, -0.2) is 24.2 Å². The second kappa shape index (κ2) is 9.27. The van der Waals surface area contributed by atoms with Gasteiger partial charge in [-0.25, -0.2) is 0 Å². The van der Waals surface area contributed by atoms with Crippen LogP contribution in [0.4, 0.5) is 11.4 Å². The van der Waals surface area contributed by atoms with E-state index >= 15 is 0 Å². The third-order valence-electron chi connectivity index (χ3n) is 6.36. The number of benzene rings is 2. The molecule has 0 aromatic heterocycles. The number of thiocarbonyl (C=S) groups is 1. The van der Waals surface area contributed by atoms with Crippen molar-refractivity contribution >= 4 is 34.6 Å². The first-order valence-corrected chi connectivity index (χ1v) is 11.6. The van der Waals surface area contributed by atoms with Crippen molar-refractivity contribution in [1.29, 1.82) is 0 Å². The first-order valence-electron chi connectivity index (χ1n) is 11.2. The van der Waals surface area contributed by atoms with Gasteiger partial charge in [0.05, 0.1) is 12.1 Å². The first kappa shape index (κ1) is 21.6. The Morgan fingerprint density at radius 3 is 2.52 bits per heavy atom. The molecule has 1 aliphatic heterocycles. The average molecular weight is 438 g/mol. The number of anilines is 2. The molecule has 2 fully saturated rings. The second-order valence-electron chi connectivity index (χ2n) is 8.48. The lowest BCUT2D eigenvalue weighted by Gasteiger charge is -2.33. The molecule has 1 aliphatic carbocycles. The fraction of sp³-hybridized carbons (Fsp3) is 0.440. The summed E-state index contributed by atoms with van der Waals surface area (Å²) in [6.45, 7) is 5.49. The van der Waals surface area contributed by atoms with E-state index in [9.17, 15) is 4.79 Å². The minimum absolute atomic E-state index is 0.159. The molecule has 5 nitrogen and oxygen atoms in total. The van der Waals surface area contributed by atoms with E-state index in [1.165, 1.54) is 18.4 Å². The zero-order valence-corrected chi connectivity index (χ0v) is 19.2. The summed E-state index contributed by atoms with van der Waals surface area (Å²) in [5.41, 5.74) is 4.05. The van der Waals surface area contributed by atoms with E-state index in [4.69, 9.17) is 17.0 Å². The minimum Gasteiger partial charge on any atom is -0.494 e. The van der Waals surface area contributed by atoms with Crippen LogP contribution in [0, 0.1) is 6.92 Å². The van der Waals surface area contributed by atoms with Gasteiger partial charge in [-0.3, -0.25) is 4.79 Å². The lowest BCUT2D eigenvalue weighted by molar-refractivity contribution is -0.117. The van der Waals surface area contributed by atoms with Gasteiger partial charge in [-0.05, 0) is 80.7 Å². The van der Waals surface area contributed by atoms with Crippen molar-refractivity contribution < 1.29 is 9.53 Å². The number of carbonyl (C=O) groups excluding carboxylic acids is 1. The van der Waals surface area contributed by atoms with Crippen molar-refractivity contribution in [3.63, 3.8) is 0 Å². The summed E-state index contributed by atoms with van der Waals surface area (Å²) in [4.78, 5) is 14.1. The van der Waals surface area contributed by atoms with Gasteiger partial charge in [0, 0.05) is 24.3 Å². The lowest BCUT2D eigenvalue weighted by Crippen LogP contribution is -2.45. The number of hydrogen-bond donors (Lipinski definition) is 2. The van der Waals surface area contributed by atoms with Crippen molar-refractivity contribution in [3.8, 4) is 5.75 Å². The molecule has 0 radical (unpaired) electrons. The van der Waals surface area contributed by atoms with Crippen LogP contribution in [-0.2, 0) is 10.3 Å². The van der Waals surface area contributed by atoms with Crippen LogP contribution in [0.1, 0.15) is 56.6 Å². The number of amides is 1. The summed E-state index contributed by atoms with van der Waals surface area (Å²) in [5, 5.41) is 7.59. The second-order valence-corrected chi connectivity index (χ2v) is 8.88. The lowest BCUT2D eigenvalue weighted by atomic mass is 9.88. The Labute approximate surface area is 190 Å². The number of aryl methyl sites for hydroxylation is 1. The molecule has 0 spiro atoms. The van der Waals surface area contributed by atoms with Crippen molar-refractivity contribution in [2.24, 2.45) is 0 Å². The molecule has 2 N–H and O–H groups in total. The van der Waals surface area contributed by atoms with Gasteiger partial charge in [-0.1, -0.05) is 31.0 Å². The maximum Gasteiger partial charge on any atom is 0.227 e. The molecule has 1 heterocycles. The number of nitrogens with zero attached hydrogens (tertiary/aromatic N) is 1. The van der Waals surface area contributed by atoms with E-state index in [1.54, 1.807) is 0 Å². The van der Waals surface area contributed by atoms with Crippen LogP contribution in [0.2, 0.25) is 0 Å². The molecule has 164 valence electrons. The molecular weight excluding hydrogens is 406 g/mol. The van der Waals surface area contributed by atoms with Crippen LogP contribution in [0.15, 0.2) is 42.5 Å². The third-order valence-corrected chi connectivity index (χ3v) is 6.56. The predicted molar refractivity (Wildman–Crippen MR) is 130 cm³/mol. The van der Waals surface area contributed by atoms with Gasteiger partial charge in [0.25, 0.3) is 0 Å². The van der Waals surface area contributed by atoms with Crippen molar-refractivity contribution in [3.05, 3.63) is 53.6 Å². The molecule has 6 heteroatoms. The van der Waals surface area contributed by atoms with Crippen LogP contribution < -0.4 is 20.3 Å². The Balaban J connectivity index is 1.49. The van der Waals surface area contributed by atoms with Gasteiger partial charge in [0.2, 0.25) is 5.91 Å². The SMILES string of the molecule is CCOc1ccc(C2(NC(=S)Nc3ccc(C)c(N4CCCC4=O)c3)CCCC2)cc1. The highest BCUT2D eigenvalue weighted by atomic mass is 32.1. The largest absolute Gasteiger partial charge is 0.494 e. The highest BCUT2D eigenvalue weighted by molar-refractivity contribution is 7.80. The Bertz CT molecular complexity index is 952. The normalized spacial score (nSPS) is 17.6. The smallest absolute Gasteiger partial charge is 0.227 e. The number of rotatable bonds is 6. The summed E-state index contributed by atoms with van der Waals surface area (Å²) < 4.78 is 5.60. The first-order chi connectivity index (χ1) is 15.0. The molecule has 31 heavy (non-hydrogen) atoms. The maximum absolute atomic E-state index is 12.2. The average Bonchev–Trinajstić information content (AvgIpc) is 3.40. The Kier molecular flexibility index (Phi) is 6.46. The van der Waals surface area contributed by atoms with E-state index in [1.807, 2.05) is 49.1 Å². The number of carbonyl (C=O) groups is 1. The van der Waals surface area contributed by atoms with Gasteiger partial charge in [-0.2, -0.15) is 0 Å². The zero-order chi connectivity index (χ0) is 21.8. The van der Waals surface area contributed by atoms with E-state index in [2.05, 4.69) is 22.8 Å². The van der Waals surface area contributed by atoms with Crippen molar-refractivity contribution in [2.45, 2.75) is 57.9 Å². The summed E-state index contributed by atoms with van der Waals surface area (Å²) in [6.07, 6.45) is 5.99. The third kappa shape index (κ3) is 4.69. The fourth-order valence-corrected chi connectivity index (χ4v) is 5.07. The highest BCUT2D eigenvalue weighted by Gasteiger charge is 2.36. The number of ether oxygens (including phenoxy) is 1. The predicted octanol–water partition coefficient (Wildman–Crippen LogP) is 5.28.